The molecule has 0 spiro atoms. The van der Waals surface area contributed by atoms with Crippen molar-refractivity contribution in [3.05, 3.63) is 45.0 Å². The lowest BCUT2D eigenvalue weighted by Gasteiger charge is -2.05. The molecular weight excluding hydrogens is 264 g/mol. The van der Waals surface area contributed by atoms with Crippen LogP contribution in [0, 0.1) is 6.92 Å². The Morgan fingerprint density at radius 3 is 2.41 bits per heavy atom. The Kier molecular flexibility index (Phi) is 3.16. The number of thioether (sulfide) groups is 1. The first kappa shape index (κ1) is 11.6. The van der Waals surface area contributed by atoms with Crippen molar-refractivity contribution in [2.45, 2.75) is 25.5 Å². The Hall–Kier alpha value is -0.510. The molecule has 0 N–H and O–H groups in total. The van der Waals surface area contributed by atoms with Crippen molar-refractivity contribution >= 4 is 34.4 Å². The standard InChI is InChI=1S/C14H14S3/c1-9-3-5-11(15-9)13-7-8-14(17-13)12-6-4-10(2)16-12/h3-5,7-8,12H,6H2,1-2H3. The molecule has 0 aromatic carbocycles. The monoisotopic (exact) mass is 278 g/mol. The van der Waals surface area contributed by atoms with Crippen molar-refractivity contribution < 1.29 is 0 Å². The first-order valence-corrected chi connectivity index (χ1v) is 8.23. The van der Waals surface area contributed by atoms with Crippen LogP contribution in [0.1, 0.15) is 28.3 Å². The third-order valence-electron chi connectivity index (χ3n) is 2.87. The summed E-state index contributed by atoms with van der Waals surface area (Å²) in [7, 11) is 0. The highest BCUT2D eigenvalue weighted by molar-refractivity contribution is 8.03. The van der Waals surface area contributed by atoms with Crippen molar-refractivity contribution in [1.29, 1.82) is 0 Å². The molecule has 0 aliphatic carbocycles. The summed E-state index contributed by atoms with van der Waals surface area (Å²) in [4.78, 5) is 7.21. The van der Waals surface area contributed by atoms with Crippen molar-refractivity contribution in [2.24, 2.45) is 0 Å². The largest absolute Gasteiger partial charge is 0.140 e. The predicted molar refractivity (Wildman–Crippen MR) is 81.1 cm³/mol. The summed E-state index contributed by atoms with van der Waals surface area (Å²) in [6.45, 7) is 4.38. The van der Waals surface area contributed by atoms with E-state index in [1.54, 1.807) is 0 Å². The summed E-state index contributed by atoms with van der Waals surface area (Å²) >= 11 is 5.85. The fourth-order valence-corrected chi connectivity index (χ4v) is 5.27. The highest BCUT2D eigenvalue weighted by atomic mass is 32.2. The second kappa shape index (κ2) is 4.63. The molecule has 0 nitrogen and oxygen atoms in total. The molecule has 0 fully saturated rings. The zero-order valence-corrected chi connectivity index (χ0v) is 12.3. The lowest BCUT2D eigenvalue weighted by molar-refractivity contribution is 1.02. The molecular formula is C14H14S3. The molecule has 0 amide bonds. The van der Waals surface area contributed by atoms with E-state index < -0.39 is 0 Å². The van der Waals surface area contributed by atoms with E-state index in [0.29, 0.717) is 5.25 Å². The summed E-state index contributed by atoms with van der Waals surface area (Å²) in [5.74, 6) is 0. The Balaban J connectivity index is 1.84. The van der Waals surface area contributed by atoms with Crippen LogP contribution in [0.5, 0.6) is 0 Å². The molecule has 0 bridgehead atoms. The molecule has 3 heteroatoms. The van der Waals surface area contributed by atoms with Gasteiger partial charge in [0, 0.05) is 24.8 Å². The van der Waals surface area contributed by atoms with E-state index in [0.717, 1.165) is 0 Å². The second-order valence-electron chi connectivity index (χ2n) is 4.27. The quantitative estimate of drug-likeness (QED) is 0.662. The summed E-state index contributed by atoms with van der Waals surface area (Å²) < 4.78 is 0. The lowest BCUT2D eigenvalue weighted by atomic mass is 10.2. The molecule has 2 aromatic heterocycles. The van der Waals surface area contributed by atoms with Crippen molar-refractivity contribution in [3.63, 3.8) is 0 Å². The maximum absolute atomic E-state index is 2.35. The molecule has 0 radical (unpaired) electrons. The van der Waals surface area contributed by atoms with Crippen LogP contribution in [-0.2, 0) is 0 Å². The van der Waals surface area contributed by atoms with Crippen LogP contribution in [0.15, 0.2) is 35.2 Å². The van der Waals surface area contributed by atoms with Crippen molar-refractivity contribution in [1.82, 2.24) is 0 Å². The van der Waals surface area contributed by atoms with Gasteiger partial charge >= 0.3 is 0 Å². The summed E-state index contributed by atoms with van der Waals surface area (Å²) in [6.07, 6.45) is 3.55. The van der Waals surface area contributed by atoms with Crippen molar-refractivity contribution in [2.75, 3.05) is 0 Å². The minimum Gasteiger partial charge on any atom is -0.140 e. The molecule has 17 heavy (non-hydrogen) atoms. The fraction of sp³-hybridized carbons (Fsp3) is 0.286. The van der Waals surface area contributed by atoms with E-state index in [1.165, 1.54) is 30.8 Å². The van der Waals surface area contributed by atoms with Crippen LogP contribution >= 0.6 is 34.4 Å². The van der Waals surface area contributed by atoms with Crippen LogP contribution < -0.4 is 0 Å². The van der Waals surface area contributed by atoms with Crippen molar-refractivity contribution in [3.8, 4) is 9.75 Å². The number of hydrogen-bond acceptors (Lipinski definition) is 3. The third-order valence-corrected chi connectivity index (χ3v) is 6.69. The minimum atomic E-state index is 0.662. The Bertz CT molecular complexity index is 560. The summed E-state index contributed by atoms with van der Waals surface area (Å²) in [5, 5.41) is 0.662. The number of allylic oxidation sites excluding steroid dienone is 2. The topological polar surface area (TPSA) is 0 Å². The molecule has 1 unspecified atom stereocenters. The third kappa shape index (κ3) is 2.37. The molecule has 3 heterocycles. The average molecular weight is 278 g/mol. The van der Waals surface area contributed by atoms with Crippen LogP contribution in [0.25, 0.3) is 9.75 Å². The molecule has 2 aromatic rings. The molecule has 1 aliphatic heterocycles. The number of aryl methyl sites for hydroxylation is 1. The van der Waals surface area contributed by atoms with Gasteiger partial charge in [-0.2, -0.15) is 0 Å². The Morgan fingerprint density at radius 2 is 1.76 bits per heavy atom. The Labute approximate surface area is 114 Å². The average Bonchev–Trinajstić information content (AvgIpc) is 2.96. The van der Waals surface area contributed by atoms with Gasteiger partial charge in [-0.1, -0.05) is 6.08 Å². The highest BCUT2D eigenvalue weighted by Crippen LogP contribution is 2.47. The second-order valence-corrected chi connectivity index (χ2v) is 8.12. The first-order valence-electron chi connectivity index (χ1n) is 5.72. The van der Waals surface area contributed by atoms with Crippen LogP contribution in [0.3, 0.4) is 0 Å². The SMILES string of the molecule is CC1=CCC(c2ccc(-c3ccc(C)s3)s2)S1. The molecule has 0 saturated heterocycles. The van der Waals surface area contributed by atoms with Crippen LogP contribution in [0.4, 0.5) is 0 Å². The van der Waals surface area contributed by atoms with Gasteiger partial charge in [0.1, 0.15) is 0 Å². The van der Waals surface area contributed by atoms with E-state index in [9.17, 15) is 0 Å². The fourth-order valence-electron chi connectivity index (χ4n) is 1.99. The van der Waals surface area contributed by atoms with Gasteiger partial charge in [0.2, 0.25) is 0 Å². The zero-order chi connectivity index (χ0) is 11.8. The summed E-state index contributed by atoms with van der Waals surface area (Å²) in [5.41, 5.74) is 0. The normalized spacial score (nSPS) is 19.6. The van der Waals surface area contributed by atoms with E-state index in [4.69, 9.17) is 0 Å². The van der Waals surface area contributed by atoms with Crippen LogP contribution in [0.2, 0.25) is 0 Å². The first-order chi connectivity index (χ1) is 8.22. The van der Waals surface area contributed by atoms with Crippen LogP contribution in [-0.4, -0.2) is 0 Å². The smallest absolute Gasteiger partial charge is 0.0470 e. The maximum atomic E-state index is 2.35. The van der Waals surface area contributed by atoms with Gasteiger partial charge in [0.25, 0.3) is 0 Å². The van der Waals surface area contributed by atoms with E-state index in [2.05, 4.69) is 44.2 Å². The molecule has 0 saturated carbocycles. The van der Waals surface area contributed by atoms with Gasteiger partial charge in [0.05, 0.1) is 0 Å². The molecule has 1 atom stereocenters. The van der Waals surface area contributed by atoms with E-state index in [-0.39, 0.29) is 0 Å². The van der Waals surface area contributed by atoms with Gasteiger partial charge in [-0.25, -0.2) is 0 Å². The molecule has 3 rings (SSSR count). The predicted octanol–water partition coefficient (Wildman–Crippen LogP) is 5.87. The van der Waals surface area contributed by atoms with Gasteiger partial charge in [-0.05, 0) is 49.4 Å². The maximum Gasteiger partial charge on any atom is 0.0470 e. The number of rotatable bonds is 2. The van der Waals surface area contributed by atoms with Gasteiger partial charge in [-0.3, -0.25) is 0 Å². The number of thiophene rings is 2. The highest BCUT2D eigenvalue weighted by Gasteiger charge is 2.19. The van der Waals surface area contributed by atoms with Gasteiger partial charge in [0.15, 0.2) is 0 Å². The number of hydrogen-bond donors (Lipinski definition) is 0. The van der Waals surface area contributed by atoms with E-state index >= 15 is 0 Å². The van der Waals surface area contributed by atoms with E-state index in [1.807, 2.05) is 34.4 Å². The summed E-state index contributed by atoms with van der Waals surface area (Å²) in [6, 6.07) is 9.02. The molecule has 88 valence electrons. The molecule has 1 aliphatic rings. The zero-order valence-electron chi connectivity index (χ0n) is 9.90. The van der Waals surface area contributed by atoms with Gasteiger partial charge < -0.3 is 0 Å². The Morgan fingerprint density at radius 1 is 1.00 bits per heavy atom. The lowest BCUT2D eigenvalue weighted by Crippen LogP contribution is -1.81. The van der Waals surface area contributed by atoms with Gasteiger partial charge in [-0.15, -0.1) is 34.4 Å². The minimum absolute atomic E-state index is 0.662.